The second-order valence-corrected chi connectivity index (χ2v) is 7.76. The highest BCUT2D eigenvalue weighted by Crippen LogP contribution is 2.32. The lowest BCUT2D eigenvalue weighted by atomic mass is 10.1. The van der Waals surface area contributed by atoms with Gasteiger partial charge in [0.05, 0.1) is 4.90 Å². The Morgan fingerprint density at radius 3 is 2.19 bits per heavy atom. The van der Waals surface area contributed by atoms with Gasteiger partial charge in [-0.05, 0) is 55.0 Å². The van der Waals surface area contributed by atoms with Crippen LogP contribution in [0.15, 0.2) is 68.7 Å². The third-order valence-corrected chi connectivity index (χ3v) is 4.79. The van der Waals surface area contributed by atoms with Crippen LogP contribution in [-0.4, -0.2) is 14.7 Å². The molecule has 3 rings (SSSR count). The molecule has 0 unspecified atom stereocenters. The van der Waals surface area contributed by atoms with Crippen molar-refractivity contribution in [2.24, 2.45) is 0 Å². The van der Waals surface area contributed by atoms with Crippen LogP contribution in [0.5, 0.6) is 11.5 Å². The topological polar surface area (TPSA) is 73.6 Å². The number of sulfone groups is 1. The first-order valence-corrected chi connectivity index (χ1v) is 9.52. The highest BCUT2D eigenvalue weighted by atomic mass is 32.2. The van der Waals surface area contributed by atoms with Gasteiger partial charge in [-0.1, -0.05) is 12.1 Å². The summed E-state index contributed by atoms with van der Waals surface area (Å²) in [5.74, 6) is 0.166. The lowest BCUT2D eigenvalue weighted by Gasteiger charge is -2.11. The molecule has 7 heteroatoms. The van der Waals surface area contributed by atoms with Gasteiger partial charge in [0.25, 0.3) is 0 Å². The number of benzene rings is 2. The van der Waals surface area contributed by atoms with Crippen LogP contribution in [0.4, 0.5) is 4.39 Å². The summed E-state index contributed by atoms with van der Waals surface area (Å²) in [5.41, 5.74) is 0.352. The summed E-state index contributed by atoms with van der Waals surface area (Å²) in [5, 5.41) is 0. The Morgan fingerprint density at radius 1 is 1.00 bits per heavy atom. The summed E-state index contributed by atoms with van der Waals surface area (Å²) >= 11 is 0. The molecule has 134 valence electrons. The lowest BCUT2D eigenvalue weighted by Crippen LogP contribution is -2.06. The molecule has 0 saturated carbocycles. The molecule has 1 aromatic heterocycles. The fourth-order valence-electron chi connectivity index (χ4n) is 2.41. The zero-order valence-electron chi connectivity index (χ0n) is 14.0. The van der Waals surface area contributed by atoms with E-state index in [1.807, 2.05) is 0 Å². The molecule has 5 nitrogen and oxygen atoms in total. The van der Waals surface area contributed by atoms with Crippen LogP contribution in [0, 0.1) is 12.7 Å². The van der Waals surface area contributed by atoms with Crippen molar-refractivity contribution in [1.82, 2.24) is 0 Å². The van der Waals surface area contributed by atoms with Crippen LogP contribution in [-0.2, 0) is 9.84 Å². The maximum Gasteiger partial charge on any atom is 0.379 e. The molecule has 0 aliphatic carbocycles. The van der Waals surface area contributed by atoms with Crippen LogP contribution >= 0.6 is 0 Å². The van der Waals surface area contributed by atoms with E-state index in [1.165, 1.54) is 36.4 Å². The van der Waals surface area contributed by atoms with Crippen molar-refractivity contribution < 1.29 is 22.0 Å². The Balaban J connectivity index is 2.09. The maximum absolute atomic E-state index is 13.1. The molecule has 0 saturated heterocycles. The average Bonchev–Trinajstić information content (AvgIpc) is 2.58. The van der Waals surface area contributed by atoms with Crippen LogP contribution in [0.25, 0.3) is 11.1 Å². The first-order chi connectivity index (χ1) is 12.2. The molecule has 2 aromatic carbocycles. The van der Waals surface area contributed by atoms with Crippen molar-refractivity contribution in [3.05, 3.63) is 76.6 Å². The Labute approximate surface area is 149 Å². The second-order valence-electron chi connectivity index (χ2n) is 5.74. The number of hydrogen-bond donors (Lipinski definition) is 0. The first-order valence-electron chi connectivity index (χ1n) is 7.63. The Kier molecular flexibility index (Phi) is 4.65. The molecule has 1 heterocycles. The molecule has 0 atom stereocenters. The van der Waals surface area contributed by atoms with Gasteiger partial charge < -0.3 is 9.15 Å². The fourth-order valence-corrected chi connectivity index (χ4v) is 3.04. The van der Waals surface area contributed by atoms with Gasteiger partial charge in [0, 0.05) is 11.8 Å². The third kappa shape index (κ3) is 3.83. The van der Waals surface area contributed by atoms with E-state index in [-0.39, 0.29) is 16.4 Å². The van der Waals surface area contributed by atoms with Crippen molar-refractivity contribution in [2.45, 2.75) is 11.8 Å². The van der Waals surface area contributed by atoms with Gasteiger partial charge in [-0.15, -0.1) is 0 Å². The van der Waals surface area contributed by atoms with Crippen LogP contribution in [0.2, 0.25) is 0 Å². The summed E-state index contributed by atoms with van der Waals surface area (Å²) in [4.78, 5) is 12.4. The fraction of sp³-hybridized carbons (Fsp3) is 0.105. The molecule has 3 aromatic rings. The van der Waals surface area contributed by atoms with Gasteiger partial charge in [-0.3, -0.25) is 0 Å². The quantitative estimate of drug-likeness (QED) is 0.691. The molecule has 0 aliphatic rings. The highest BCUT2D eigenvalue weighted by molar-refractivity contribution is 7.90. The average molecular weight is 374 g/mol. The van der Waals surface area contributed by atoms with Crippen molar-refractivity contribution in [2.75, 3.05) is 6.26 Å². The Bertz CT molecular complexity index is 1100. The summed E-state index contributed by atoms with van der Waals surface area (Å²) in [6.07, 6.45) is 1.12. The highest BCUT2D eigenvalue weighted by Gasteiger charge is 2.16. The van der Waals surface area contributed by atoms with E-state index in [1.54, 1.807) is 25.1 Å². The van der Waals surface area contributed by atoms with E-state index in [0.29, 0.717) is 16.9 Å². The second kappa shape index (κ2) is 6.76. The monoisotopic (exact) mass is 374 g/mol. The van der Waals surface area contributed by atoms with E-state index in [9.17, 15) is 17.6 Å². The molecular weight excluding hydrogens is 359 g/mol. The molecule has 0 spiro atoms. The summed E-state index contributed by atoms with van der Waals surface area (Å²) in [6, 6.07) is 12.9. The van der Waals surface area contributed by atoms with Crippen molar-refractivity contribution in [1.29, 1.82) is 0 Å². The SMILES string of the molecule is Cc1cc(-c2ccc(S(C)(=O)=O)cc2)c(Oc2ccc(F)cc2)c(=O)o1. The van der Waals surface area contributed by atoms with E-state index in [4.69, 9.17) is 9.15 Å². The molecule has 26 heavy (non-hydrogen) atoms. The number of halogens is 1. The third-order valence-electron chi connectivity index (χ3n) is 3.66. The van der Waals surface area contributed by atoms with Gasteiger partial charge in [-0.2, -0.15) is 0 Å². The van der Waals surface area contributed by atoms with Gasteiger partial charge >= 0.3 is 5.63 Å². The predicted molar refractivity (Wildman–Crippen MR) is 94.7 cm³/mol. The number of aryl methyl sites for hydroxylation is 1. The normalized spacial score (nSPS) is 11.3. The van der Waals surface area contributed by atoms with Crippen molar-refractivity contribution >= 4 is 9.84 Å². The minimum atomic E-state index is -3.33. The zero-order chi connectivity index (χ0) is 18.9. The number of ether oxygens (including phenoxy) is 1. The smallest absolute Gasteiger partial charge is 0.379 e. The van der Waals surface area contributed by atoms with E-state index in [0.717, 1.165) is 6.26 Å². The minimum Gasteiger partial charge on any atom is -0.449 e. The Hall–Kier alpha value is -2.93. The van der Waals surface area contributed by atoms with Gasteiger partial charge in [-0.25, -0.2) is 17.6 Å². The molecular formula is C19H15FO5S. The number of rotatable bonds is 4. The van der Waals surface area contributed by atoms with Crippen LogP contribution < -0.4 is 10.4 Å². The molecule has 0 bridgehead atoms. The largest absolute Gasteiger partial charge is 0.449 e. The van der Waals surface area contributed by atoms with Gasteiger partial charge in [0.15, 0.2) is 9.84 Å². The molecule has 0 amide bonds. The molecule has 0 N–H and O–H groups in total. The molecule has 0 radical (unpaired) electrons. The van der Waals surface area contributed by atoms with Crippen LogP contribution in [0.3, 0.4) is 0 Å². The predicted octanol–water partition coefficient (Wildman–Crippen LogP) is 3.95. The van der Waals surface area contributed by atoms with Gasteiger partial charge in [0.2, 0.25) is 5.75 Å². The van der Waals surface area contributed by atoms with E-state index in [2.05, 4.69) is 0 Å². The van der Waals surface area contributed by atoms with Crippen molar-refractivity contribution in [3.63, 3.8) is 0 Å². The zero-order valence-corrected chi connectivity index (χ0v) is 14.8. The van der Waals surface area contributed by atoms with Crippen LogP contribution in [0.1, 0.15) is 5.76 Å². The van der Waals surface area contributed by atoms with Gasteiger partial charge in [0.1, 0.15) is 17.3 Å². The van der Waals surface area contributed by atoms with Crippen molar-refractivity contribution in [3.8, 4) is 22.6 Å². The lowest BCUT2D eigenvalue weighted by molar-refractivity contribution is 0.410. The summed E-state index contributed by atoms with van der Waals surface area (Å²) in [6.45, 7) is 1.62. The maximum atomic E-state index is 13.1. The van der Waals surface area contributed by atoms with E-state index < -0.39 is 21.3 Å². The standard InChI is InChI=1S/C19H15FO5S/c1-12-11-17(13-3-9-16(10-4-13)26(2,22)23)18(19(21)24-12)25-15-7-5-14(20)6-8-15/h3-11H,1-2H3. The first kappa shape index (κ1) is 17.9. The molecule has 0 aliphatic heterocycles. The summed E-state index contributed by atoms with van der Waals surface area (Å²) < 4.78 is 47.0. The summed E-state index contributed by atoms with van der Waals surface area (Å²) in [7, 11) is -3.33. The number of hydrogen-bond acceptors (Lipinski definition) is 5. The minimum absolute atomic E-state index is 0.0608. The van der Waals surface area contributed by atoms with E-state index >= 15 is 0 Å². The Morgan fingerprint density at radius 2 is 1.62 bits per heavy atom. The molecule has 0 fully saturated rings.